The van der Waals surface area contributed by atoms with Crippen molar-refractivity contribution < 1.29 is 19.0 Å². The van der Waals surface area contributed by atoms with Crippen molar-refractivity contribution in [2.24, 2.45) is 0 Å². The van der Waals surface area contributed by atoms with Gasteiger partial charge in [0, 0.05) is 19.3 Å². The molecule has 32 heavy (non-hydrogen) atoms. The van der Waals surface area contributed by atoms with E-state index in [0.29, 0.717) is 49.8 Å². The van der Waals surface area contributed by atoms with Gasteiger partial charge in [0.15, 0.2) is 5.65 Å². The molecule has 1 atom stereocenters. The number of carbonyl (C=O) groups is 1. The first-order valence-corrected chi connectivity index (χ1v) is 10.7. The van der Waals surface area contributed by atoms with Gasteiger partial charge in [0.25, 0.3) is 0 Å². The average Bonchev–Trinajstić information content (AvgIpc) is 3.19. The fraction of sp³-hybridized carbons (Fsp3) is 0.409. The highest BCUT2D eigenvalue weighted by Gasteiger charge is 2.20. The topological polar surface area (TPSA) is 87.5 Å². The molecule has 2 heterocycles. The van der Waals surface area contributed by atoms with Gasteiger partial charge in [-0.05, 0) is 26.0 Å². The predicted octanol–water partition coefficient (Wildman–Crippen LogP) is 4.16. The van der Waals surface area contributed by atoms with Crippen molar-refractivity contribution in [2.75, 3.05) is 38.3 Å². The maximum absolute atomic E-state index is 12.4. The van der Waals surface area contributed by atoms with Crippen LogP contribution in [0.3, 0.4) is 0 Å². The van der Waals surface area contributed by atoms with E-state index in [4.69, 9.17) is 25.8 Å². The van der Waals surface area contributed by atoms with Crippen LogP contribution < -0.4 is 10.1 Å². The number of carbonyl (C=O) groups excluding carboxylic acids is 1. The van der Waals surface area contributed by atoms with Crippen LogP contribution in [0.25, 0.3) is 11.0 Å². The molecule has 0 bridgehead atoms. The van der Waals surface area contributed by atoms with Crippen LogP contribution in [-0.2, 0) is 16.0 Å². The zero-order valence-corrected chi connectivity index (χ0v) is 19.7. The van der Waals surface area contributed by atoms with Gasteiger partial charge in [0.1, 0.15) is 17.9 Å². The number of hydrogen-bond donors (Lipinski definition) is 1. The molecule has 1 N–H and O–H groups in total. The second-order valence-electron chi connectivity index (χ2n) is 6.68. The Bertz CT molecular complexity index is 985. The lowest BCUT2D eigenvalue weighted by Gasteiger charge is -2.14. The monoisotopic (exact) mass is 482 g/mol. The molecule has 174 valence electrons. The normalized spacial score (nSPS) is 11.6. The van der Waals surface area contributed by atoms with Gasteiger partial charge in [-0.2, -0.15) is 5.10 Å². The molecule has 10 heteroatoms. The molecular formula is C22H28Cl2N4O4. The number of fused-ring (bicyclic) bond motifs is 1. The summed E-state index contributed by atoms with van der Waals surface area (Å²) in [4.78, 5) is 16.9. The molecule has 3 rings (SSSR count). The Balaban J connectivity index is 0.00000363. The van der Waals surface area contributed by atoms with Gasteiger partial charge < -0.3 is 19.5 Å². The number of alkyl halides is 1. The van der Waals surface area contributed by atoms with Crippen LogP contribution in [0.1, 0.15) is 24.2 Å². The van der Waals surface area contributed by atoms with Crippen molar-refractivity contribution >= 4 is 46.7 Å². The summed E-state index contributed by atoms with van der Waals surface area (Å²) >= 11 is 6.48. The maximum Gasteiger partial charge on any atom is 0.341 e. The highest BCUT2D eigenvalue weighted by molar-refractivity contribution is 6.20. The molecular weight excluding hydrogens is 455 g/mol. The minimum Gasteiger partial charge on any atom is -0.492 e. The molecule has 0 fully saturated rings. The summed E-state index contributed by atoms with van der Waals surface area (Å²) in [7, 11) is 0. The summed E-state index contributed by atoms with van der Waals surface area (Å²) in [6.45, 7) is 6.38. The number of hydrogen-bond acceptors (Lipinski definition) is 7. The Morgan fingerprint density at radius 1 is 1.19 bits per heavy atom. The van der Waals surface area contributed by atoms with Gasteiger partial charge in [0.05, 0.1) is 42.4 Å². The summed E-state index contributed by atoms with van der Waals surface area (Å²) in [5, 5.41) is 8.10. The van der Waals surface area contributed by atoms with Crippen molar-refractivity contribution in [2.45, 2.75) is 25.8 Å². The predicted molar refractivity (Wildman–Crippen MR) is 127 cm³/mol. The van der Waals surface area contributed by atoms with Crippen molar-refractivity contribution in [1.29, 1.82) is 0 Å². The van der Waals surface area contributed by atoms with Gasteiger partial charge >= 0.3 is 5.97 Å². The second-order valence-corrected chi connectivity index (χ2v) is 7.29. The minimum atomic E-state index is -0.435. The van der Waals surface area contributed by atoms with Gasteiger partial charge in [-0.15, -0.1) is 24.0 Å². The molecule has 8 nitrogen and oxygen atoms in total. The highest BCUT2D eigenvalue weighted by atomic mass is 35.5. The number of nitrogens with zero attached hydrogens (tertiary/aromatic N) is 3. The van der Waals surface area contributed by atoms with Crippen LogP contribution >= 0.6 is 24.0 Å². The maximum atomic E-state index is 12.4. The smallest absolute Gasteiger partial charge is 0.341 e. The van der Waals surface area contributed by atoms with E-state index in [9.17, 15) is 4.79 Å². The van der Waals surface area contributed by atoms with E-state index in [1.807, 2.05) is 37.3 Å². The van der Waals surface area contributed by atoms with E-state index >= 15 is 0 Å². The number of benzene rings is 1. The molecule has 0 saturated carbocycles. The molecule has 3 aromatic rings. The lowest BCUT2D eigenvalue weighted by atomic mass is 10.2. The van der Waals surface area contributed by atoms with Crippen LogP contribution in [0.4, 0.5) is 5.69 Å². The minimum absolute atomic E-state index is 0. The number of para-hydroxylation sites is 1. The van der Waals surface area contributed by atoms with Crippen LogP contribution in [0.15, 0.2) is 42.7 Å². The third-order valence-corrected chi connectivity index (χ3v) is 4.72. The zero-order chi connectivity index (χ0) is 22.1. The number of halogens is 2. The van der Waals surface area contributed by atoms with E-state index < -0.39 is 5.97 Å². The third-order valence-electron chi connectivity index (χ3n) is 4.46. The van der Waals surface area contributed by atoms with E-state index in [1.54, 1.807) is 17.8 Å². The number of aromatic nitrogens is 3. The number of anilines is 1. The lowest BCUT2D eigenvalue weighted by Crippen LogP contribution is -2.20. The van der Waals surface area contributed by atoms with E-state index in [-0.39, 0.29) is 24.4 Å². The number of ether oxygens (including phenoxy) is 3. The first kappa shape index (κ1) is 25.7. The van der Waals surface area contributed by atoms with Gasteiger partial charge in [-0.25, -0.2) is 14.5 Å². The quantitative estimate of drug-likeness (QED) is 0.235. The first-order valence-electron chi connectivity index (χ1n) is 10.3. The van der Waals surface area contributed by atoms with Crippen LogP contribution in [0.2, 0.25) is 0 Å². The lowest BCUT2D eigenvalue weighted by molar-refractivity contribution is 0.0527. The largest absolute Gasteiger partial charge is 0.492 e. The summed E-state index contributed by atoms with van der Waals surface area (Å²) in [5.41, 5.74) is 1.61. The van der Waals surface area contributed by atoms with Gasteiger partial charge in [-0.3, -0.25) is 0 Å². The molecule has 0 amide bonds. The number of pyridine rings is 1. The molecule has 0 aliphatic heterocycles. The Kier molecular flexibility index (Phi) is 10.5. The Hall–Kier alpha value is -2.55. The van der Waals surface area contributed by atoms with Crippen molar-refractivity contribution in [3.8, 4) is 5.75 Å². The van der Waals surface area contributed by atoms with Crippen molar-refractivity contribution in [3.05, 3.63) is 48.3 Å². The van der Waals surface area contributed by atoms with Gasteiger partial charge in [-0.1, -0.05) is 18.2 Å². The fourth-order valence-electron chi connectivity index (χ4n) is 3.05. The Labute approximate surface area is 198 Å². The number of esters is 1. The zero-order valence-electron chi connectivity index (χ0n) is 18.1. The summed E-state index contributed by atoms with van der Waals surface area (Å²) in [6.07, 6.45) is 3.18. The first-order chi connectivity index (χ1) is 15.1. The van der Waals surface area contributed by atoms with E-state index in [1.165, 1.54) is 6.20 Å². The third kappa shape index (κ3) is 6.72. The SMILES string of the molecule is CCOCCNc1c(C(=O)OCC)cnc2c1cnn2CC(Cl)COc1ccccc1.Cl. The van der Waals surface area contributed by atoms with E-state index in [0.717, 1.165) is 11.1 Å². The molecule has 0 saturated heterocycles. The Morgan fingerprint density at radius 2 is 1.97 bits per heavy atom. The summed E-state index contributed by atoms with van der Waals surface area (Å²) in [5.74, 6) is 0.325. The van der Waals surface area contributed by atoms with Gasteiger partial charge in [0.2, 0.25) is 0 Å². The van der Waals surface area contributed by atoms with E-state index in [2.05, 4.69) is 15.4 Å². The number of nitrogens with one attached hydrogen (secondary N) is 1. The van der Waals surface area contributed by atoms with Crippen molar-refractivity contribution in [1.82, 2.24) is 14.8 Å². The molecule has 0 radical (unpaired) electrons. The molecule has 2 aromatic heterocycles. The molecule has 0 aliphatic rings. The summed E-state index contributed by atoms with van der Waals surface area (Å²) in [6, 6.07) is 9.50. The second kappa shape index (κ2) is 13.1. The number of rotatable bonds is 12. The molecule has 0 spiro atoms. The summed E-state index contributed by atoms with van der Waals surface area (Å²) < 4.78 is 18.0. The molecule has 1 unspecified atom stereocenters. The van der Waals surface area contributed by atoms with Crippen molar-refractivity contribution in [3.63, 3.8) is 0 Å². The molecule has 0 aliphatic carbocycles. The molecule has 1 aromatic carbocycles. The van der Waals surface area contributed by atoms with Crippen LogP contribution in [-0.4, -0.2) is 59.1 Å². The Morgan fingerprint density at radius 3 is 2.69 bits per heavy atom. The van der Waals surface area contributed by atoms with Crippen LogP contribution in [0, 0.1) is 0 Å². The fourth-order valence-corrected chi connectivity index (χ4v) is 3.24. The standard InChI is InChI=1S/C22H27ClN4O4.ClH/c1-3-29-11-10-24-20-18-13-26-27(21(18)25-12-19(20)22(28)30-4-2)14-16(23)15-31-17-8-6-5-7-9-17;/h5-9,12-13,16H,3-4,10-11,14-15H2,1-2H3,(H,24,25);1H. The highest BCUT2D eigenvalue weighted by Crippen LogP contribution is 2.27. The average molecular weight is 483 g/mol. The van der Waals surface area contributed by atoms with Crippen LogP contribution in [0.5, 0.6) is 5.75 Å².